The van der Waals surface area contributed by atoms with Crippen LogP contribution >= 0.6 is 11.6 Å². The fourth-order valence-corrected chi connectivity index (χ4v) is 3.55. The molecule has 0 amide bonds. The summed E-state index contributed by atoms with van der Waals surface area (Å²) in [6.07, 6.45) is 1.77. The second kappa shape index (κ2) is 8.02. The summed E-state index contributed by atoms with van der Waals surface area (Å²) in [6, 6.07) is 14.3. The SMILES string of the molecule is Cc1cc(Cl)ccc1Nc1nccc(N2CCN(c3ccc(F)cc3)CC2)n1. The van der Waals surface area contributed by atoms with E-state index in [0.717, 1.165) is 48.9 Å². The monoisotopic (exact) mass is 397 g/mol. The highest BCUT2D eigenvalue weighted by Crippen LogP contribution is 2.24. The lowest BCUT2D eigenvalue weighted by Crippen LogP contribution is -2.46. The summed E-state index contributed by atoms with van der Waals surface area (Å²) in [5, 5.41) is 3.97. The van der Waals surface area contributed by atoms with Crippen molar-refractivity contribution in [3.8, 4) is 0 Å². The van der Waals surface area contributed by atoms with Crippen molar-refractivity contribution < 1.29 is 4.39 Å². The van der Waals surface area contributed by atoms with Crippen molar-refractivity contribution in [1.29, 1.82) is 0 Å². The van der Waals surface area contributed by atoms with E-state index >= 15 is 0 Å². The van der Waals surface area contributed by atoms with Crippen molar-refractivity contribution in [3.63, 3.8) is 0 Å². The van der Waals surface area contributed by atoms with Gasteiger partial charge < -0.3 is 15.1 Å². The van der Waals surface area contributed by atoms with Crippen LogP contribution in [0.5, 0.6) is 0 Å². The van der Waals surface area contributed by atoms with Gasteiger partial charge in [-0.1, -0.05) is 11.6 Å². The van der Waals surface area contributed by atoms with Crippen molar-refractivity contribution in [1.82, 2.24) is 9.97 Å². The number of benzene rings is 2. The molecular weight excluding hydrogens is 377 g/mol. The number of piperazine rings is 1. The van der Waals surface area contributed by atoms with E-state index in [1.807, 2.05) is 43.3 Å². The summed E-state index contributed by atoms with van der Waals surface area (Å²) < 4.78 is 13.1. The zero-order valence-electron chi connectivity index (χ0n) is 15.6. The lowest BCUT2D eigenvalue weighted by atomic mass is 10.2. The molecule has 5 nitrogen and oxygen atoms in total. The minimum absolute atomic E-state index is 0.209. The van der Waals surface area contributed by atoms with Gasteiger partial charge in [-0.15, -0.1) is 0 Å². The molecule has 0 bridgehead atoms. The van der Waals surface area contributed by atoms with Gasteiger partial charge in [0.2, 0.25) is 5.95 Å². The zero-order valence-corrected chi connectivity index (χ0v) is 16.3. The third-order valence-electron chi connectivity index (χ3n) is 4.87. The van der Waals surface area contributed by atoms with Crippen LogP contribution in [0.3, 0.4) is 0 Å². The molecule has 1 N–H and O–H groups in total. The van der Waals surface area contributed by atoms with Gasteiger partial charge in [-0.3, -0.25) is 0 Å². The Kier molecular flexibility index (Phi) is 5.30. The van der Waals surface area contributed by atoms with Crippen molar-refractivity contribution in [2.24, 2.45) is 0 Å². The summed E-state index contributed by atoms with van der Waals surface area (Å²) in [6.45, 7) is 5.39. The minimum Gasteiger partial charge on any atom is -0.368 e. The maximum Gasteiger partial charge on any atom is 0.229 e. The van der Waals surface area contributed by atoms with Crippen molar-refractivity contribution in [2.75, 3.05) is 41.3 Å². The average Bonchev–Trinajstić information content (AvgIpc) is 2.71. The Labute approximate surface area is 168 Å². The van der Waals surface area contributed by atoms with E-state index < -0.39 is 0 Å². The van der Waals surface area contributed by atoms with Crippen LogP contribution < -0.4 is 15.1 Å². The molecule has 4 rings (SSSR count). The molecule has 0 saturated carbocycles. The first-order valence-electron chi connectivity index (χ1n) is 9.20. The van der Waals surface area contributed by atoms with E-state index in [4.69, 9.17) is 11.6 Å². The molecule has 2 aromatic carbocycles. The number of nitrogens with one attached hydrogen (secondary N) is 1. The number of hydrogen-bond acceptors (Lipinski definition) is 5. The summed E-state index contributed by atoms with van der Waals surface area (Å²) in [5.74, 6) is 1.24. The molecule has 0 atom stereocenters. The number of rotatable bonds is 4. The van der Waals surface area contributed by atoms with Gasteiger partial charge in [0.1, 0.15) is 11.6 Å². The number of anilines is 4. The molecule has 3 aromatic rings. The lowest BCUT2D eigenvalue weighted by Gasteiger charge is -2.36. The largest absolute Gasteiger partial charge is 0.368 e. The standard InChI is InChI=1S/C21H21ClFN5/c1-15-14-16(22)2-7-19(15)25-21-24-9-8-20(26-21)28-12-10-27(11-13-28)18-5-3-17(23)4-6-18/h2-9,14H,10-13H2,1H3,(H,24,25,26). The smallest absolute Gasteiger partial charge is 0.229 e. The van der Waals surface area contributed by atoms with E-state index in [9.17, 15) is 4.39 Å². The fourth-order valence-electron chi connectivity index (χ4n) is 3.32. The van der Waals surface area contributed by atoms with E-state index in [1.54, 1.807) is 6.20 Å². The molecule has 1 aliphatic heterocycles. The van der Waals surface area contributed by atoms with Crippen LogP contribution in [0.4, 0.5) is 27.5 Å². The van der Waals surface area contributed by atoms with E-state index in [-0.39, 0.29) is 5.82 Å². The molecule has 1 aromatic heterocycles. The molecule has 1 saturated heterocycles. The molecule has 0 radical (unpaired) electrons. The van der Waals surface area contributed by atoms with Gasteiger partial charge in [0.05, 0.1) is 0 Å². The van der Waals surface area contributed by atoms with Crippen LogP contribution in [-0.4, -0.2) is 36.1 Å². The topological polar surface area (TPSA) is 44.3 Å². The first-order valence-corrected chi connectivity index (χ1v) is 9.58. The van der Waals surface area contributed by atoms with Gasteiger partial charge in [-0.2, -0.15) is 4.98 Å². The Bertz CT molecular complexity index is 955. The third-order valence-corrected chi connectivity index (χ3v) is 5.11. The number of halogens is 2. The highest BCUT2D eigenvalue weighted by atomic mass is 35.5. The van der Waals surface area contributed by atoms with Crippen molar-refractivity contribution in [2.45, 2.75) is 6.92 Å². The molecule has 7 heteroatoms. The van der Waals surface area contributed by atoms with Crippen LogP contribution in [0.25, 0.3) is 0 Å². The van der Waals surface area contributed by atoms with Crippen LogP contribution in [-0.2, 0) is 0 Å². The Hall–Kier alpha value is -2.86. The van der Waals surface area contributed by atoms with E-state index in [2.05, 4.69) is 25.1 Å². The Morgan fingerprint density at radius 2 is 1.68 bits per heavy atom. The second-order valence-electron chi connectivity index (χ2n) is 6.77. The van der Waals surface area contributed by atoms with Crippen LogP contribution in [0, 0.1) is 12.7 Å². The molecular formula is C21H21ClFN5. The zero-order chi connectivity index (χ0) is 19.5. The maximum atomic E-state index is 13.1. The normalized spacial score (nSPS) is 14.2. The highest BCUT2D eigenvalue weighted by Gasteiger charge is 2.19. The molecule has 2 heterocycles. The minimum atomic E-state index is -0.209. The van der Waals surface area contributed by atoms with Gasteiger partial charge in [0.15, 0.2) is 0 Å². The number of aromatic nitrogens is 2. The third kappa shape index (κ3) is 4.17. The molecule has 28 heavy (non-hydrogen) atoms. The molecule has 0 aliphatic carbocycles. The lowest BCUT2D eigenvalue weighted by molar-refractivity contribution is 0.624. The van der Waals surface area contributed by atoms with E-state index in [0.29, 0.717) is 11.0 Å². The number of nitrogens with zero attached hydrogens (tertiary/aromatic N) is 4. The predicted molar refractivity (Wildman–Crippen MR) is 112 cm³/mol. The summed E-state index contributed by atoms with van der Waals surface area (Å²) >= 11 is 6.02. The fraction of sp³-hybridized carbons (Fsp3) is 0.238. The average molecular weight is 398 g/mol. The van der Waals surface area contributed by atoms with Crippen molar-refractivity contribution in [3.05, 3.63) is 71.1 Å². The second-order valence-corrected chi connectivity index (χ2v) is 7.21. The molecule has 1 aliphatic rings. The molecule has 0 unspecified atom stereocenters. The number of aryl methyl sites for hydroxylation is 1. The van der Waals surface area contributed by atoms with Crippen LogP contribution in [0.1, 0.15) is 5.56 Å². The summed E-state index contributed by atoms with van der Waals surface area (Å²) in [4.78, 5) is 13.5. The first kappa shape index (κ1) is 18.5. The maximum absolute atomic E-state index is 13.1. The summed E-state index contributed by atoms with van der Waals surface area (Å²) in [5.41, 5.74) is 3.02. The highest BCUT2D eigenvalue weighted by molar-refractivity contribution is 6.30. The van der Waals surface area contributed by atoms with Gasteiger partial charge >= 0.3 is 0 Å². The quantitative estimate of drug-likeness (QED) is 0.694. The molecule has 0 spiro atoms. The van der Waals surface area contributed by atoms with E-state index in [1.165, 1.54) is 12.1 Å². The Balaban J connectivity index is 1.43. The van der Waals surface area contributed by atoms with Gasteiger partial charge in [0, 0.05) is 48.8 Å². The molecule has 1 fully saturated rings. The first-order chi connectivity index (χ1) is 13.6. The Morgan fingerprint density at radius 1 is 0.964 bits per heavy atom. The van der Waals surface area contributed by atoms with Gasteiger partial charge in [-0.25, -0.2) is 9.37 Å². The number of hydrogen-bond donors (Lipinski definition) is 1. The van der Waals surface area contributed by atoms with Gasteiger partial charge in [-0.05, 0) is 61.0 Å². The predicted octanol–water partition coefficient (Wildman–Crippen LogP) is 4.65. The van der Waals surface area contributed by atoms with Crippen LogP contribution in [0.15, 0.2) is 54.7 Å². The van der Waals surface area contributed by atoms with Crippen LogP contribution in [0.2, 0.25) is 5.02 Å². The van der Waals surface area contributed by atoms with Crippen molar-refractivity contribution >= 4 is 34.7 Å². The molecule has 144 valence electrons. The van der Waals surface area contributed by atoms with Gasteiger partial charge in [0.25, 0.3) is 0 Å². The Morgan fingerprint density at radius 3 is 2.39 bits per heavy atom. The summed E-state index contributed by atoms with van der Waals surface area (Å²) in [7, 11) is 0.